The highest BCUT2D eigenvalue weighted by Crippen LogP contribution is 2.26. The van der Waals surface area contributed by atoms with Crippen LogP contribution >= 0.6 is 15.9 Å². The number of ether oxygens (including phenoxy) is 2. The van der Waals surface area contributed by atoms with E-state index in [9.17, 15) is 14.0 Å². The third-order valence-corrected chi connectivity index (χ3v) is 4.90. The lowest BCUT2D eigenvalue weighted by molar-refractivity contribution is 0.0602. The van der Waals surface area contributed by atoms with Crippen LogP contribution in [0, 0.1) is 5.82 Å². The van der Waals surface area contributed by atoms with Crippen LogP contribution in [0.3, 0.4) is 0 Å². The van der Waals surface area contributed by atoms with Crippen molar-refractivity contribution in [1.29, 1.82) is 0 Å². The van der Waals surface area contributed by atoms with Gasteiger partial charge >= 0.3 is 5.97 Å². The second-order valence-corrected chi connectivity index (χ2v) is 6.75. The van der Waals surface area contributed by atoms with Gasteiger partial charge in [0.2, 0.25) is 0 Å². The van der Waals surface area contributed by atoms with E-state index in [1.54, 1.807) is 12.1 Å². The zero-order valence-corrected chi connectivity index (χ0v) is 16.2. The van der Waals surface area contributed by atoms with Crippen molar-refractivity contribution in [1.82, 2.24) is 0 Å². The number of rotatable bonds is 4. The fourth-order valence-electron chi connectivity index (χ4n) is 2.80. The number of morpholine rings is 1. The van der Waals surface area contributed by atoms with Gasteiger partial charge in [0.15, 0.2) is 0 Å². The number of methoxy groups -OCH3 is 1. The van der Waals surface area contributed by atoms with Crippen molar-refractivity contribution < 1.29 is 23.5 Å². The summed E-state index contributed by atoms with van der Waals surface area (Å²) in [6.07, 6.45) is 0. The fraction of sp³-hybridized carbons (Fsp3) is 0.263. The first kappa shape index (κ1) is 19.3. The van der Waals surface area contributed by atoms with Crippen molar-refractivity contribution in [2.75, 3.05) is 43.6 Å². The van der Waals surface area contributed by atoms with E-state index in [1.165, 1.54) is 19.2 Å². The van der Waals surface area contributed by atoms with Crippen LogP contribution in [0.15, 0.2) is 40.9 Å². The molecule has 0 aromatic heterocycles. The van der Waals surface area contributed by atoms with Gasteiger partial charge in [-0.05, 0) is 52.3 Å². The van der Waals surface area contributed by atoms with Crippen LogP contribution in [0.25, 0.3) is 0 Å². The molecule has 3 rings (SSSR count). The summed E-state index contributed by atoms with van der Waals surface area (Å²) < 4.78 is 24.1. The molecule has 0 bridgehead atoms. The zero-order valence-electron chi connectivity index (χ0n) is 14.6. The minimum absolute atomic E-state index is 0.128. The first-order valence-corrected chi connectivity index (χ1v) is 9.10. The number of hydrogen-bond acceptors (Lipinski definition) is 5. The standard InChI is InChI=1S/C19H18BrFN2O4/c1-26-19(25)15-11-13(23-6-8-27-9-7-23)3-5-17(15)22-18(24)14-10-12(21)2-4-16(14)20/h2-5,10-11H,6-9H2,1H3,(H,22,24). The predicted octanol–water partition coefficient (Wildman–Crippen LogP) is 3.46. The van der Waals surface area contributed by atoms with Gasteiger partial charge in [-0.25, -0.2) is 9.18 Å². The Kier molecular flexibility index (Phi) is 6.08. The number of carbonyl (C=O) groups excluding carboxylic acids is 2. The van der Waals surface area contributed by atoms with E-state index >= 15 is 0 Å². The van der Waals surface area contributed by atoms with E-state index in [-0.39, 0.29) is 11.1 Å². The SMILES string of the molecule is COC(=O)c1cc(N2CCOCC2)ccc1NC(=O)c1cc(F)ccc1Br. The molecule has 1 saturated heterocycles. The summed E-state index contributed by atoms with van der Waals surface area (Å²) in [5.74, 6) is -1.64. The number of amides is 1. The minimum atomic E-state index is -0.571. The number of nitrogens with one attached hydrogen (secondary N) is 1. The van der Waals surface area contributed by atoms with E-state index in [0.717, 1.165) is 11.8 Å². The zero-order chi connectivity index (χ0) is 19.4. The van der Waals surface area contributed by atoms with Gasteiger partial charge in [0.25, 0.3) is 5.91 Å². The van der Waals surface area contributed by atoms with Gasteiger partial charge in [-0.2, -0.15) is 0 Å². The number of halogens is 2. The maximum atomic E-state index is 13.5. The molecular weight excluding hydrogens is 419 g/mol. The first-order chi connectivity index (χ1) is 13.0. The molecule has 0 aliphatic carbocycles. The molecule has 142 valence electrons. The Hall–Kier alpha value is -2.45. The maximum Gasteiger partial charge on any atom is 0.340 e. The van der Waals surface area contributed by atoms with Crippen molar-refractivity contribution in [2.45, 2.75) is 0 Å². The van der Waals surface area contributed by atoms with Gasteiger partial charge in [0.05, 0.1) is 37.1 Å². The van der Waals surface area contributed by atoms with E-state index in [4.69, 9.17) is 9.47 Å². The smallest absolute Gasteiger partial charge is 0.340 e. The van der Waals surface area contributed by atoms with Crippen molar-refractivity contribution in [3.05, 3.63) is 57.8 Å². The first-order valence-electron chi connectivity index (χ1n) is 8.31. The van der Waals surface area contributed by atoms with Crippen LogP contribution in [-0.4, -0.2) is 45.3 Å². The normalized spacial score (nSPS) is 14.0. The Morgan fingerprint density at radius 1 is 1.15 bits per heavy atom. The minimum Gasteiger partial charge on any atom is -0.465 e. The molecule has 1 amide bonds. The molecule has 1 aliphatic heterocycles. The lowest BCUT2D eigenvalue weighted by atomic mass is 10.1. The van der Waals surface area contributed by atoms with Crippen LogP contribution in [0.1, 0.15) is 20.7 Å². The molecule has 27 heavy (non-hydrogen) atoms. The molecule has 0 unspecified atom stereocenters. The van der Waals surface area contributed by atoms with Crippen molar-refractivity contribution in [2.24, 2.45) is 0 Å². The summed E-state index contributed by atoms with van der Waals surface area (Å²) in [6, 6.07) is 8.95. The van der Waals surface area contributed by atoms with Crippen LogP contribution in [0.4, 0.5) is 15.8 Å². The summed E-state index contributed by atoms with van der Waals surface area (Å²) in [5.41, 5.74) is 1.48. The molecule has 2 aromatic carbocycles. The largest absolute Gasteiger partial charge is 0.465 e. The highest BCUT2D eigenvalue weighted by atomic mass is 79.9. The number of benzene rings is 2. The number of carbonyl (C=O) groups is 2. The van der Waals surface area contributed by atoms with E-state index in [2.05, 4.69) is 26.1 Å². The highest BCUT2D eigenvalue weighted by molar-refractivity contribution is 9.10. The Morgan fingerprint density at radius 2 is 1.89 bits per heavy atom. The second-order valence-electron chi connectivity index (χ2n) is 5.90. The average molecular weight is 437 g/mol. The summed E-state index contributed by atoms with van der Waals surface area (Å²) in [6.45, 7) is 2.64. The molecular formula is C19H18BrFN2O4. The molecule has 1 heterocycles. The number of esters is 1. The number of nitrogens with zero attached hydrogens (tertiary/aromatic N) is 1. The maximum absolute atomic E-state index is 13.5. The van der Waals surface area contributed by atoms with Crippen molar-refractivity contribution in [3.8, 4) is 0 Å². The summed E-state index contributed by atoms with van der Waals surface area (Å²) in [7, 11) is 1.28. The molecule has 2 aromatic rings. The lowest BCUT2D eigenvalue weighted by Crippen LogP contribution is -2.36. The van der Waals surface area contributed by atoms with Crippen LogP contribution in [0.2, 0.25) is 0 Å². The highest BCUT2D eigenvalue weighted by Gasteiger charge is 2.20. The number of hydrogen-bond donors (Lipinski definition) is 1. The van der Waals surface area contributed by atoms with Crippen molar-refractivity contribution >= 4 is 39.2 Å². The van der Waals surface area contributed by atoms with Crippen LogP contribution < -0.4 is 10.2 Å². The lowest BCUT2D eigenvalue weighted by Gasteiger charge is -2.29. The van der Waals surface area contributed by atoms with E-state index in [0.29, 0.717) is 36.5 Å². The van der Waals surface area contributed by atoms with Gasteiger partial charge in [0, 0.05) is 23.2 Å². The molecule has 0 spiro atoms. The predicted molar refractivity (Wildman–Crippen MR) is 103 cm³/mol. The van der Waals surface area contributed by atoms with E-state index in [1.807, 2.05) is 6.07 Å². The average Bonchev–Trinajstić information content (AvgIpc) is 2.70. The quantitative estimate of drug-likeness (QED) is 0.743. The summed E-state index contributed by atoms with van der Waals surface area (Å²) >= 11 is 3.23. The van der Waals surface area contributed by atoms with Crippen LogP contribution in [0.5, 0.6) is 0 Å². The van der Waals surface area contributed by atoms with Gasteiger partial charge in [-0.1, -0.05) is 0 Å². The third-order valence-electron chi connectivity index (χ3n) is 4.21. The molecule has 0 radical (unpaired) electrons. The summed E-state index contributed by atoms with van der Waals surface area (Å²) in [4.78, 5) is 26.9. The molecule has 8 heteroatoms. The fourth-order valence-corrected chi connectivity index (χ4v) is 3.23. The second kappa shape index (κ2) is 8.49. The third kappa shape index (κ3) is 4.45. The molecule has 6 nitrogen and oxygen atoms in total. The van der Waals surface area contributed by atoms with Crippen molar-refractivity contribution in [3.63, 3.8) is 0 Å². The van der Waals surface area contributed by atoms with Gasteiger partial charge in [-0.3, -0.25) is 4.79 Å². The van der Waals surface area contributed by atoms with Gasteiger partial charge < -0.3 is 19.7 Å². The Morgan fingerprint density at radius 3 is 2.59 bits per heavy atom. The van der Waals surface area contributed by atoms with E-state index < -0.39 is 17.7 Å². The molecule has 0 saturated carbocycles. The topological polar surface area (TPSA) is 67.9 Å². The van der Waals surface area contributed by atoms with Crippen LogP contribution in [-0.2, 0) is 9.47 Å². The monoisotopic (exact) mass is 436 g/mol. The Bertz CT molecular complexity index is 869. The molecule has 1 aliphatic rings. The Labute approximate surface area is 164 Å². The molecule has 1 N–H and O–H groups in total. The number of anilines is 2. The molecule has 0 atom stereocenters. The Balaban J connectivity index is 1.90. The molecule has 1 fully saturated rings. The van der Waals surface area contributed by atoms with Gasteiger partial charge in [-0.15, -0.1) is 0 Å². The van der Waals surface area contributed by atoms with Gasteiger partial charge in [0.1, 0.15) is 5.82 Å². The summed E-state index contributed by atoms with van der Waals surface area (Å²) in [5, 5.41) is 2.66.